The number of carbonyl (C=O) groups is 1. The van der Waals surface area contributed by atoms with Crippen LogP contribution < -0.4 is 15.6 Å². The van der Waals surface area contributed by atoms with E-state index in [0.29, 0.717) is 10.4 Å². The van der Waals surface area contributed by atoms with Crippen molar-refractivity contribution >= 4 is 34.3 Å². The summed E-state index contributed by atoms with van der Waals surface area (Å²) >= 11 is 1.44. The normalized spacial score (nSPS) is 19.9. The van der Waals surface area contributed by atoms with Crippen LogP contribution in [-0.4, -0.2) is 41.8 Å². The number of benzene rings is 1. The van der Waals surface area contributed by atoms with Crippen molar-refractivity contribution < 1.29 is 9.90 Å². The van der Waals surface area contributed by atoms with Gasteiger partial charge in [-0.25, -0.2) is 4.79 Å². The van der Waals surface area contributed by atoms with Crippen LogP contribution in [0.1, 0.15) is 28.2 Å². The summed E-state index contributed by atoms with van der Waals surface area (Å²) in [6.07, 6.45) is 0. The Labute approximate surface area is 143 Å². The van der Waals surface area contributed by atoms with Crippen LogP contribution in [0, 0.1) is 6.92 Å². The predicted molar refractivity (Wildman–Crippen MR) is 95.6 cm³/mol. The highest BCUT2D eigenvalue weighted by Gasteiger charge is 2.33. The van der Waals surface area contributed by atoms with Crippen LogP contribution in [0.2, 0.25) is 0 Å². The zero-order valence-corrected chi connectivity index (χ0v) is 14.4. The number of aromatic carboxylic acids is 1. The summed E-state index contributed by atoms with van der Waals surface area (Å²) in [5.74, 6) is -1.14. The van der Waals surface area contributed by atoms with E-state index in [0.717, 1.165) is 42.9 Å². The van der Waals surface area contributed by atoms with Crippen LogP contribution in [0.25, 0.3) is 10.9 Å². The van der Waals surface area contributed by atoms with Gasteiger partial charge in [0.25, 0.3) is 0 Å². The molecule has 0 unspecified atom stereocenters. The first-order valence-electron chi connectivity index (χ1n) is 8.07. The lowest BCUT2D eigenvalue weighted by molar-refractivity contribution is 0.0689. The maximum absolute atomic E-state index is 12.7. The quantitative estimate of drug-likeness (QED) is 0.868. The number of anilines is 1. The molecule has 6 nitrogen and oxygen atoms in total. The fourth-order valence-corrected chi connectivity index (χ4v) is 4.76. The van der Waals surface area contributed by atoms with Gasteiger partial charge in [-0.15, -0.1) is 0 Å². The molecule has 24 heavy (non-hydrogen) atoms. The molecule has 0 aliphatic carbocycles. The Morgan fingerprint density at radius 3 is 2.67 bits per heavy atom. The molecule has 7 heteroatoms. The molecule has 0 amide bonds. The van der Waals surface area contributed by atoms with E-state index in [1.54, 1.807) is 0 Å². The van der Waals surface area contributed by atoms with Gasteiger partial charge in [-0.05, 0) is 31.5 Å². The van der Waals surface area contributed by atoms with E-state index in [9.17, 15) is 14.7 Å². The summed E-state index contributed by atoms with van der Waals surface area (Å²) in [7, 11) is 0. The van der Waals surface area contributed by atoms with E-state index in [2.05, 4.69) is 16.3 Å². The highest BCUT2D eigenvalue weighted by molar-refractivity contribution is 8.00. The fourth-order valence-electron chi connectivity index (χ4n) is 3.61. The van der Waals surface area contributed by atoms with E-state index in [4.69, 9.17) is 0 Å². The number of hydrogen-bond acceptors (Lipinski definition) is 5. The Morgan fingerprint density at radius 2 is 2.04 bits per heavy atom. The summed E-state index contributed by atoms with van der Waals surface area (Å²) in [5, 5.41) is 14.0. The van der Waals surface area contributed by atoms with Crippen LogP contribution in [0.15, 0.2) is 22.0 Å². The number of fused-ring (bicyclic) bond motifs is 3. The van der Waals surface area contributed by atoms with Gasteiger partial charge in [0.1, 0.15) is 5.56 Å². The number of aromatic nitrogens is 1. The van der Waals surface area contributed by atoms with Gasteiger partial charge in [0.2, 0.25) is 5.43 Å². The minimum Gasteiger partial charge on any atom is -0.477 e. The van der Waals surface area contributed by atoms with Crippen molar-refractivity contribution in [2.45, 2.75) is 24.2 Å². The molecule has 2 aliphatic heterocycles. The van der Waals surface area contributed by atoms with Crippen LogP contribution in [0.4, 0.5) is 5.69 Å². The lowest BCUT2D eigenvalue weighted by atomic mass is 10.0. The van der Waals surface area contributed by atoms with E-state index in [1.807, 2.05) is 24.5 Å². The first-order chi connectivity index (χ1) is 11.5. The van der Waals surface area contributed by atoms with E-state index in [1.165, 1.54) is 11.8 Å². The van der Waals surface area contributed by atoms with E-state index in [-0.39, 0.29) is 16.4 Å². The van der Waals surface area contributed by atoms with Gasteiger partial charge in [-0.3, -0.25) is 4.79 Å². The molecule has 2 N–H and O–H groups in total. The number of hydrogen-bond donors (Lipinski definition) is 2. The van der Waals surface area contributed by atoms with Gasteiger partial charge in [0.15, 0.2) is 0 Å². The number of pyridine rings is 1. The van der Waals surface area contributed by atoms with Gasteiger partial charge in [-0.1, -0.05) is 11.8 Å². The van der Waals surface area contributed by atoms with Crippen LogP contribution >= 0.6 is 11.8 Å². The van der Waals surface area contributed by atoms with Crippen molar-refractivity contribution in [2.75, 3.05) is 31.1 Å². The van der Waals surface area contributed by atoms with Gasteiger partial charge in [-0.2, -0.15) is 0 Å². The number of carboxylic acids is 1. The first kappa shape index (κ1) is 15.5. The van der Waals surface area contributed by atoms with E-state index < -0.39 is 5.97 Å². The number of aryl methyl sites for hydroxylation is 1. The molecule has 4 rings (SSSR count). The third-order valence-electron chi connectivity index (χ3n) is 4.80. The van der Waals surface area contributed by atoms with Gasteiger partial charge in [0, 0.05) is 37.3 Å². The number of nitrogens with one attached hydrogen (secondary N) is 1. The Hall–Kier alpha value is -1.99. The number of thioether (sulfide) groups is 1. The topological polar surface area (TPSA) is 74.6 Å². The Balaban J connectivity index is 1.99. The second-order valence-electron chi connectivity index (χ2n) is 6.29. The molecule has 2 aromatic rings. The van der Waals surface area contributed by atoms with Gasteiger partial charge in [0.05, 0.1) is 15.9 Å². The highest BCUT2D eigenvalue weighted by atomic mass is 32.2. The van der Waals surface area contributed by atoms with Crippen LogP contribution in [-0.2, 0) is 0 Å². The lowest BCUT2D eigenvalue weighted by Gasteiger charge is -2.35. The Morgan fingerprint density at radius 1 is 1.33 bits per heavy atom. The molecule has 2 aliphatic rings. The number of piperazine rings is 1. The molecule has 1 aromatic heterocycles. The summed E-state index contributed by atoms with van der Waals surface area (Å²) in [5.41, 5.74) is 2.51. The zero-order valence-electron chi connectivity index (χ0n) is 13.6. The van der Waals surface area contributed by atoms with Crippen molar-refractivity contribution in [3.63, 3.8) is 0 Å². The molecule has 3 heterocycles. The minimum atomic E-state index is -1.14. The molecule has 1 aromatic carbocycles. The second kappa shape index (κ2) is 5.53. The van der Waals surface area contributed by atoms with Crippen molar-refractivity contribution in [1.82, 2.24) is 9.88 Å². The smallest absolute Gasteiger partial charge is 0.342 e. The predicted octanol–water partition coefficient (Wildman–Crippen LogP) is 2.04. The van der Waals surface area contributed by atoms with Gasteiger partial charge >= 0.3 is 5.97 Å². The zero-order chi connectivity index (χ0) is 17.0. The van der Waals surface area contributed by atoms with Crippen LogP contribution in [0.5, 0.6) is 0 Å². The van der Waals surface area contributed by atoms with Crippen molar-refractivity contribution in [1.29, 1.82) is 0 Å². The van der Waals surface area contributed by atoms with Crippen LogP contribution in [0.3, 0.4) is 0 Å². The summed E-state index contributed by atoms with van der Waals surface area (Å²) in [6.45, 7) is 7.76. The third kappa shape index (κ3) is 2.15. The number of rotatable bonds is 2. The third-order valence-corrected chi connectivity index (χ3v) is 5.97. The number of nitrogens with zero attached hydrogens (tertiary/aromatic N) is 2. The average Bonchev–Trinajstić information content (AvgIpc) is 2.55. The van der Waals surface area contributed by atoms with Crippen molar-refractivity contribution in [3.05, 3.63) is 33.5 Å². The minimum absolute atomic E-state index is 0.0973. The standard InChI is InChI=1S/C17H19N3O3S/c1-9-7-11-13(8-12(9)19-5-3-18-4-6-19)20-10(2)24-16(20)14(15(11)21)17(22)23/h7-8,10,18H,3-6H2,1-2H3,(H,22,23)/t10-/m1/s1. The Kier molecular flexibility index (Phi) is 3.58. The SMILES string of the molecule is Cc1cc2c(=O)c(C(=O)O)c3n(c2cc1N1CCNCC1)[C@@H](C)S3. The first-order valence-corrected chi connectivity index (χ1v) is 8.95. The summed E-state index contributed by atoms with van der Waals surface area (Å²) < 4.78 is 1.98. The molecule has 0 spiro atoms. The highest BCUT2D eigenvalue weighted by Crippen LogP contribution is 2.46. The van der Waals surface area contributed by atoms with Gasteiger partial charge < -0.3 is 19.9 Å². The molecule has 0 bridgehead atoms. The van der Waals surface area contributed by atoms with E-state index >= 15 is 0 Å². The molecular weight excluding hydrogens is 326 g/mol. The largest absolute Gasteiger partial charge is 0.477 e. The molecule has 1 fully saturated rings. The second-order valence-corrected chi connectivity index (χ2v) is 7.60. The molecule has 1 saturated heterocycles. The molecule has 126 valence electrons. The monoisotopic (exact) mass is 345 g/mol. The maximum atomic E-state index is 12.7. The Bertz CT molecular complexity index is 916. The molecule has 0 radical (unpaired) electrons. The summed E-state index contributed by atoms with van der Waals surface area (Å²) in [4.78, 5) is 26.6. The summed E-state index contributed by atoms with van der Waals surface area (Å²) in [6, 6.07) is 3.91. The molecule has 1 atom stereocenters. The average molecular weight is 345 g/mol. The lowest BCUT2D eigenvalue weighted by Crippen LogP contribution is -2.43. The maximum Gasteiger partial charge on any atom is 0.342 e. The van der Waals surface area contributed by atoms with Crippen molar-refractivity contribution in [3.8, 4) is 0 Å². The number of carboxylic acid groups (broad SMARTS) is 1. The molecule has 0 saturated carbocycles. The van der Waals surface area contributed by atoms with Crippen molar-refractivity contribution in [2.24, 2.45) is 0 Å². The molecular formula is C17H19N3O3S. The fraction of sp³-hybridized carbons (Fsp3) is 0.412.